The molecule has 1 heterocycles. The minimum atomic E-state index is -0.463. The fourth-order valence-corrected chi connectivity index (χ4v) is 2.07. The predicted molar refractivity (Wildman–Crippen MR) is 73.7 cm³/mol. The van der Waals surface area contributed by atoms with Crippen molar-refractivity contribution in [3.63, 3.8) is 0 Å². The van der Waals surface area contributed by atoms with E-state index in [9.17, 15) is 4.79 Å². The Labute approximate surface area is 116 Å². The van der Waals surface area contributed by atoms with Crippen LogP contribution in [0.4, 0.5) is 0 Å². The molecule has 110 valence electrons. The van der Waals surface area contributed by atoms with Crippen molar-refractivity contribution < 1.29 is 19.0 Å². The average Bonchev–Trinajstić information content (AvgIpc) is 2.69. The Bertz CT molecular complexity index is 333. The summed E-state index contributed by atoms with van der Waals surface area (Å²) in [6.45, 7) is 10.7. The molecule has 0 aromatic carbocycles. The Morgan fingerprint density at radius 1 is 1.53 bits per heavy atom. The van der Waals surface area contributed by atoms with Crippen molar-refractivity contribution in [3.05, 3.63) is 11.6 Å². The third-order valence-electron chi connectivity index (χ3n) is 3.34. The van der Waals surface area contributed by atoms with Crippen molar-refractivity contribution in [1.82, 2.24) is 0 Å². The van der Waals surface area contributed by atoms with Gasteiger partial charge in [0.25, 0.3) is 0 Å². The first-order valence-electron chi connectivity index (χ1n) is 7.01. The van der Waals surface area contributed by atoms with Crippen LogP contribution in [0.25, 0.3) is 0 Å². The fourth-order valence-electron chi connectivity index (χ4n) is 2.07. The molecule has 0 saturated carbocycles. The summed E-state index contributed by atoms with van der Waals surface area (Å²) in [6, 6.07) is 0. The van der Waals surface area contributed by atoms with E-state index in [-0.39, 0.29) is 12.1 Å². The lowest BCUT2D eigenvalue weighted by atomic mass is 9.99. The van der Waals surface area contributed by atoms with E-state index >= 15 is 0 Å². The summed E-state index contributed by atoms with van der Waals surface area (Å²) in [4.78, 5) is 11.4. The number of rotatable bonds is 6. The summed E-state index contributed by atoms with van der Waals surface area (Å²) in [5.74, 6) is -0.278. The number of ether oxygens (including phenoxy) is 3. The van der Waals surface area contributed by atoms with Gasteiger partial charge >= 0.3 is 5.97 Å². The molecule has 1 aliphatic rings. The van der Waals surface area contributed by atoms with Crippen molar-refractivity contribution in [1.29, 1.82) is 0 Å². The number of carbonyl (C=O) groups excluding carboxylic acids is 1. The zero-order valence-electron chi connectivity index (χ0n) is 12.7. The van der Waals surface area contributed by atoms with Crippen LogP contribution in [0, 0.1) is 5.92 Å². The first-order chi connectivity index (χ1) is 8.85. The first-order valence-corrected chi connectivity index (χ1v) is 7.01. The number of carbonyl (C=O) groups is 1. The van der Waals surface area contributed by atoms with Gasteiger partial charge in [-0.3, -0.25) is 0 Å². The van der Waals surface area contributed by atoms with Gasteiger partial charge in [0.15, 0.2) is 5.79 Å². The topological polar surface area (TPSA) is 44.8 Å². The van der Waals surface area contributed by atoms with Gasteiger partial charge in [-0.2, -0.15) is 0 Å². The predicted octanol–water partition coefficient (Wildman–Crippen LogP) is 3.06. The quantitative estimate of drug-likeness (QED) is 0.549. The number of hydrogen-bond donors (Lipinski definition) is 0. The number of hydrogen-bond acceptors (Lipinski definition) is 4. The Kier molecular flexibility index (Phi) is 6.01. The zero-order chi connectivity index (χ0) is 14.5. The van der Waals surface area contributed by atoms with Crippen molar-refractivity contribution in [3.8, 4) is 0 Å². The van der Waals surface area contributed by atoms with Crippen LogP contribution >= 0.6 is 0 Å². The van der Waals surface area contributed by atoms with Crippen LogP contribution < -0.4 is 0 Å². The number of esters is 1. The van der Waals surface area contributed by atoms with Crippen molar-refractivity contribution in [2.45, 2.75) is 59.4 Å². The lowest BCUT2D eigenvalue weighted by Crippen LogP contribution is -2.25. The van der Waals surface area contributed by atoms with Crippen molar-refractivity contribution >= 4 is 5.97 Å². The molecule has 4 heteroatoms. The van der Waals surface area contributed by atoms with Crippen molar-refractivity contribution in [2.75, 3.05) is 13.2 Å². The minimum absolute atomic E-state index is 0.145. The molecule has 1 saturated heterocycles. The van der Waals surface area contributed by atoms with Crippen molar-refractivity contribution in [2.24, 2.45) is 5.92 Å². The highest BCUT2D eigenvalue weighted by Gasteiger charge is 2.35. The van der Waals surface area contributed by atoms with Gasteiger partial charge in [-0.05, 0) is 46.5 Å². The highest BCUT2D eigenvalue weighted by Crippen LogP contribution is 2.28. The van der Waals surface area contributed by atoms with Crippen LogP contribution in [0.1, 0.15) is 47.5 Å². The van der Waals surface area contributed by atoms with Gasteiger partial charge in [-0.1, -0.05) is 13.0 Å². The van der Waals surface area contributed by atoms with E-state index in [0.29, 0.717) is 24.7 Å². The second kappa shape index (κ2) is 7.06. The third-order valence-corrected chi connectivity index (χ3v) is 3.34. The summed E-state index contributed by atoms with van der Waals surface area (Å²) in [6.07, 6.45) is 3.91. The van der Waals surface area contributed by atoms with Gasteiger partial charge in [-0.25, -0.2) is 4.79 Å². The molecular formula is C15H26O4. The SMILES string of the molecule is CCOC(=O)/C(C)=C/CC[C@H](C)[C@H]1COC(C)(C)O1. The molecule has 1 aliphatic heterocycles. The fraction of sp³-hybridized carbons (Fsp3) is 0.800. The summed E-state index contributed by atoms with van der Waals surface area (Å²) in [5.41, 5.74) is 0.679. The molecule has 1 fully saturated rings. The highest BCUT2D eigenvalue weighted by atomic mass is 16.7. The van der Waals surface area contributed by atoms with Gasteiger partial charge in [-0.15, -0.1) is 0 Å². The normalized spacial score (nSPS) is 24.3. The molecule has 0 unspecified atom stereocenters. The molecule has 2 atom stereocenters. The first kappa shape index (κ1) is 16.2. The van der Waals surface area contributed by atoms with Crippen LogP contribution in [0.15, 0.2) is 11.6 Å². The van der Waals surface area contributed by atoms with E-state index < -0.39 is 5.79 Å². The van der Waals surface area contributed by atoms with E-state index in [1.807, 2.05) is 26.8 Å². The smallest absolute Gasteiger partial charge is 0.333 e. The Hall–Kier alpha value is -0.870. The van der Waals surface area contributed by atoms with Gasteiger partial charge in [0.2, 0.25) is 0 Å². The monoisotopic (exact) mass is 270 g/mol. The molecule has 1 rings (SSSR count). The molecule has 0 aromatic heterocycles. The lowest BCUT2D eigenvalue weighted by Gasteiger charge is -2.20. The summed E-state index contributed by atoms with van der Waals surface area (Å²) < 4.78 is 16.3. The van der Waals surface area contributed by atoms with Gasteiger partial charge in [0.1, 0.15) is 0 Å². The largest absolute Gasteiger partial charge is 0.463 e. The maximum Gasteiger partial charge on any atom is 0.333 e. The summed E-state index contributed by atoms with van der Waals surface area (Å²) in [7, 11) is 0. The molecule has 0 amide bonds. The zero-order valence-corrected chi connectivity index (χ0v) is 12.7. The van der Waals surface area contributed by atoms with E-state index in [1.54, 1.807) is 6.92 Å². The molecule has 19 heavy (non-hydrogen) atoms. The Morgan fingerprint density at radius 2 is 2.21 bits per heavy atom. The molecule has 0 N–H and O–H groups in total. The van der Waals surface area contributed by atoms with E-state index in [0.717, 1.165) is 12.8 Å². The average molecular weight is 270 g/mol. The summed E-state index contributed by atoms with van der Waals surface area (Å²) >= 11 is 0. The van der Waals surface area contributed by atoms with Crippen LogP contribution in [0.3, 0.4) is 0 Å². The lowest BCUT2D eigenvalue weighted by molar-refractivity contribution is -0.143. The highest BCUT2D eigenvalue weighted by molar-refractivity contribution is 5.87. The van der Waals surface area contributed by atoms with Crippen LogP contribution in [0.5, 0.6) is 0 Å². The molecule has 0 bridgehead atoms. The van der Waals surface area contributed by atoms with Crippen LogP contribution in [0.2, 0.25) is 0 Å². The van der Waals surface area contributed by atoms with Crippen LogP contribution in [-0.2, 0) is 19.0 Å². The Morgan fingerprint density at radius 3 is 2.74 bits per heavy atom. The third kappa shape index (κ3) is 5.33. The number of allylic oxidation sites excluding steroid dienone is 1. The maximum atomic E-state index is 11.4. The molecule has 0 aromatic rings. The van der Waals surface area contributed by atoms with Gasteiger partial charge < -0.3 is 14.2 Å². The molecule has 4 nitrogen and oxygen atoms in total. The Balaban J connectivity index is 2.33. The second-order valence-electron chi connectivity index (χ2n) is 5.53. The van der Waals surface area contributed by atoms with Gasteiger partial charge in [0.05, 0.1) is 19.3 Å². The molecule has 0 aliphatic carbocycles. The van der Waals surface area contributed by atoms with E-state index in [4.69, 9.17) is 14.2 Å². The maximum absolute atomic E-state index is 11.4. The van der Waals surface area contributed by atoms with Crippen LogP contribution in [-0.4, -0.2) is 31.1 Å². The molecular weight excluding hydrogens is 244 g/mol. The second-order valence-corrected chi connectivity index (χ2v) is 5.53. The van der Waals surface area contributed by atoms with Gasteiger partial charge in [0, 0.05) is 5.57 Å². The summed E-state index contributed by atoms with van der Waals surface area (Å²) in [5, 5.41) is 0. The van der Waals surface area contributed by atoms with E-state index in [1.165, 1.54) is 0 Å². The molecule has 0 spiro atoms. The minimum Gasteiger partial charge on any atom is -0.463 e. The van der Waals surface area contributed by atoms with E-state index in [2.05, 4.69) is 6.92 Å². The molecule has 0 radical (unpaired) electrons. The standard InChI is InChI=1S/C15H26O4/c1-6-17-14(16)12(3)9-7-8-11(2)13-10-18-15(4,5)19-13/h9,11,13H,6-8,10H2,1-5H3/b12-9+/t11-,13+/m0/s1.